The van der Waals surface area contributed by atoms with Crippen molar-refractivity contribution in [2.24, 2.45) is 4.40 Å². The summed E-state index contributed by atoms with van der Waals surface area (Å²) >= 11 is 12.5. The summed E-state index contributed by atoms with van der Waals surface area (Å²) in [4.78, 5) is 0.0755. The first kappa shape index (κ1) is 19.8. The van der Waals surface area contributed by atoms with Gasteiger partial charge < -0.3 is 0 Å². The van der Waals surface area contributed by atoms with Crippen LogP contribution in [0.15, 0.2) is 94.2 Å². The summed E-state index contributed by atoms with van der Waals surface area (Å²) in [7, 11) is -3.90. The van der Waals surface area contributed by atoms with Gasteiger partial charge in [0.15, 0.2) is 0 Å². The van der Waals surface area contributed by atoms with Gasteiger partial charge in [0.25, 0.3) is 10.0 Å². The van der Waals surface area contributed by atoms with Gasteiger partial charge in [-0.25, -0.2) is 0 Å². The Morgan fingerprint density at radius 1 is 0.815 bits per heavy atom. The Balaban J connectivity index is 2.01. The quantitative estimate of drug-likeness (QED) is 0.307. The molecule has 0 aliphatic rings. The molecule has 3 aromatic carbocycles. The van der Waals surface area contributed by atoms with Crippen LogP contribution < -0.4 is 0 Å². The maximum absolute atomic E-state index is 12.8. The van der Waals surface area contributed by atoms with E-state index in [2.05, 4.69) is 4.40 Å². The molecule has 7 heteroatoms. The molecule has 3 nitrogen and oxygen atoms in total. The lowest BCUT2D eigenvalue weighted by molar-refractivity contribution is 0.598. The Hall–Kier alpha value is -1.99. The fourth-order valence-corrected chi connectivity index (χ4v) is 4.74. The van der Waals surface area contributed by atoms with Crippen molar-refractivity contribution in [1.29, 1.82) is 0 Å². The molecule has 3 rings (SSSR count). The van der Waals surface area contributed by atoms with Crippen molar-refractivity contribution in [3.05, 3.63) is 101 Å². The topological polar surface area (TPSA) is 46.5 Å². The van der Waals surface area contributed by atoms with E-state index in [0.717, 1.165) is 17.3 Å². The van der Waals surface area contributed by atoms with E-state index in [-0.39, 0.29) is 4.90 Å². The first-order valence-electron chi connectivity index (χ1n) is 7.89. The monoisotopic (exact) mass is 431 g/mol. The van der Waals surface area contributed by atoms with E-state index in [1.807, 2.05) is 48.5 Å². The van der Waals surface area contributed by atoms with Gasteiger partial charge in [0.2, 0.25) is 0 Å². The second-order valence-electron chi connectivity index (χ2n) is 5.45. The van der Waals surface area contributed by atoms with E-state index in [1.54, 1.807) is 12.1 Å². The third-order valence-electron chi connectivity index (χ3n) is 3.53. The van der Waals surface area contributed by atoms with Crippen LogP contribution in [0.2, 0.25) is 5.02 Å². The number of hydrogen-bond acceptors (Lipinski definition) is 4. The van der Waals surface area contributed by atoms with Crippen molar-refractivity contribution in [3.63, 3.8) is 0 Å². The van der Waals surface area contributed by atoms with E-state index in [9.17, 15) is 8.42 Å². The van der Waals surface area contributed by atoms with Gasteiger partial charge in [-0.2, -0.15) is 12.8 Å². The van der Waals surface area contributed by atoms with Gasteiger partial charge in [0, 0.05) is 10.6 Å². The summed E-state index contributed by atoms with van der Waals surface area (Å²) in [5.74, 6) is 0. The van der Waals surface area contributed by atoms with Crippen LogP contribution in [0.3, 0.4) is 0 Å². The molecular formula is C20H14ClNO2S3. The van der Waals surface area contributed by atoms with Crippen molar-refractivity contribution in [2.75, 3.05) is 0 Å². The largest absolute Gasteiger partial charge is 0.283 e. The normalized spacial score (nSPS) is 12.0. The lowest BCUT2D eigenvalue weighted by Crippen LogP contribution is -2.06. The third kappa shape index (κ3) is 5.26. The van der Waals surface area contributed by atoms with Gasteiger partial charge in [-0.05, 0) is 29.8 Å². The predicted molar refractivity (Wildman–Crippen MR) is 117 cm³/mol. The first-order chi connectivity index (χ1) is 13.0. The van der Waals surface area contributed by atoms with E-state index in [0.29, 0.717) is 19.8 Å². The Morgan fingerprint density at radius 2 is 1.33 bits per heavy atom. The van der Waals surface area contributed by atoms with Crippen LogP contribution in [0.25, 0.3) is 0 Å². The van der Waals surface area contributed by atoms with Gasteiger partial charge in [0.1, 0.15) is 5.04 Å². The van der Waals surface area contributed by atoms with Crippen molar-refractivity contribution in [2.45, 2.75) is 4.90 Å². The maximum Gasteiger partial charge on any atom is 0.283 e. The molecule has 0 saturated carbocycles. The zero-order chi connectivity index (χ0) is 19.3. The Morgan fingerprint density at radius 3 is 1.89 bits per heavy atom. The smallest absolute Gasteiger partial charge is 0.199 e. The molecule has 0 amide bonds. The number of thioether (sulfide) groups is 1. The van der Waals surface area contributed by atoms with Crippen molar-refractivity contribution in [3.8, 4) is 0 Å². The van der Waals surface area contributed by atoms with Gasteiger partial charge in [-0.15, -0.1) is 0 Å². The van der Waals surface area contributed by atoms with Crippen LogP contribution in [0, 0.1) is 0 Å². The Labute approximate surface area is 173 Å². The number of rotatable bonds is 4. The van der Waals surface area contributed by atoms with Crippen LogP contribution in [0.5, 0.6) is 0 Å². The fraction of sp³-hybridized carbons (Fsp3) is 0. The molecule has 0 spiro atoms. The molecule has 0 fully saturated rings. The number of benzene rings is 3. The first-order valence-corrected chi connectivity index (χ1v) is 10.9. The highest BCUT2D eigenvalue weighted by Crippen LogP contribution is 2.24. The highest BCUT2D eigenvalue weighted by Gasteiger charge is 2.17. The molecule has 0 heterocycles. The van der Waals surface area contributed by atoms with Gasteiger partial charge >= 0.3 is 0 Å². The van der Waals surface area contributed by atoms with Gasteiger partial charge in [0.05, 0.1) is 9.09 Å². The third-order valence-corrected chi connectivity index (χ3v) is 6.62. The van der Waals surface area contributed by atoms with Crippen LogP contribution in [0.4, 0.5) is 0 Å². The molecule has 3 aromatic rings. The van der Waals surface area contributed by atoms with E-state index < -0.39 is 10.0 Å². The van der Waals surface area contributed by atoms with E-state index in [1.165, 1.54) is 24.3 Å². The van der Waals surface area contributed by atoms with Gasteiger partial charge in [-0.1, -0.05) is 96.2 Å². The zero-order valence-corrected chi connectivity index (χ0v) is 17.2. The zero-order valence-electron chi connectivity index (χ0n) is 13.9. The summed E-state index contributed by atoms with van der Waals surface area (Å²) in [6.07, 6.45) is 0. The summed E-state index contributed by atoms with van der Waals surface area (Å²) < 4.78 is 30.1. The molecule has 0 bridgehead atoms. The van der Waals surface area contributed by atoms with E-state index in [4.69, 9.17) is 23.8 Å². The molecule has 0 aromatic heterocycles. The van der Waals surface area contributed by atoms with Crippen LogP contribution in [-0.2, 0) is 10.0 Å². The van der Waals surface area contributed by atoms with Crippen LogP contribution in [-0.4, -0.2) is 17.7 Å². The molecule has 0 aliphatic carbocycles. The summed E-state index contributed by atoms with van der Waals surface area (Å²) in [6.45, 7) is 0. The SMILES string of the molecule is O=S(=O)(N=C(SC(=S)c1ccccc1)c1ccccc1)c1ccc(Cl)cc1. The van der Waals surface area contributed by atoms with Crippen molar-refractivity contribution in [1.82, 2.24) is 0 Å². The Kier molecular flexibility index (Phi) is 6.44. The number of sulfonamides is 1. The fourth-order valence-electron chi connectivity index (χ4n) is 2.20. The van der Waals surface area contributed by atoms with Gasteiger partial charge in [-0.3, -0.25) is 0 Å². The molecular weight excluding hydrogens is 418 g/mol. The highest BCUT2D eigenvalue weighted by molar-refractivity contribution is 8.34. The Bertz CT molecular complexity index is 1070. The molecule has 0 aliphatic heterocycles. The standard InChI is InChI=1S/C20H14ClNO2S3/c21-17-11-13-18(14-12-17)27(23,24)22-19(15-7-3-1-4-8-15)26-20(25)16-9-5-2-6-10-16/h1-14H. The second kappa shape index (κ2) is 8.80. The summed E-state index contributed by atoms with van der Waals surface area (Å²) in [5.41, 5.74) is 1.52. The molecule has 0 saturated heterocycles. The minimum Gasteiger partial charge on any atom is -0.199 e. The van der Waals surface area contributed by atoms with E-state index >= 15 is 0 Å². The summed E-state index contributed by atoms with van der Waals surface area (Å²) in [5, 5.41) is 0.778. The lowest BCUT2D eigenvalue weighted by atomic mass is 10.2. The molecule has 27 heavy (non-hydrogen) atoms. The van der Waals surface area contributed by atoms with Crippen molar-refractivity contribution >= 4 is 54.8 Å². The number of halogens is 1. The number of hydrogen-bond donors (Lipinski definition) is 0. The van der Waals surface area contributed by atoms with Crippen molar-refractivity contribution < 1.29 is 8.42 Å². The minimum absolute atomic E-state index is 0.0755. The molecule has 0 N–H and O–H groups in total. The number of thiocarbonyl (C=S) groups is 1. The molecule has 0 unspecified atom stereocenters. The predicted octanol–water partition coefficient (Wildman–Crippen LogP) is 5.58. The molecule has 136 valence electrons. The lowest BCUT2D eigenvalue weighted by Gasteiger charge is -2.08. The average molecular weight is 432 g/mol. The molecule has 0 radical (unpaired) electrons. The minimum atomic E-state index is -3.90. The second-order valence-corrected chi connectivity index (χ2v) is 9.15. The highest BCUT2D eigenvalue weighted by atomic mass is 35.5. The number of nitrogens with zero attached hydrogens (tertiary/aromatic N) is 1. The summed E-state index contributed by atoms with van der Waals surface area (Å²) in [6, 6.07) is 24.4. The van der Waals surface area contributed by atoms with Crippen LogP contribution >= 0.6 is 35.6 Å². The maximum atomic E-state index is 12.8. The molecule has 0 atom stereocenters. The van der Waals surface area contributed by atoms with Crippen LogP contribution in [0.1, 0.15) is 11.1 Å². The average Bonchev–Trinajstić information content (AvgIpc) is 2.69.